The number of amides is 3. The number of fused-ring (bicyclic) bond motifs is 5. The van der Waals surface area contributed by atoms with Crippen molar-refractivity contribution in [3.63, 3.8) is 0 Å². The van der Waals surface area contributed by atoms with Crippen molar-refractivity contribution in [2.24, 2.45) is 23.7 Å². The van der Waals surface area contributed by atoms with E-state index in [1.165, 1.54) is 12.0 Å². The standard InChI is InChI=1S/C21H24N2O6/c1-28-15-4-2-3-14(10-15)22-16(24)11-29-17(25)7-8-23-20(26)18-12-5-6-13(9-12)19(18)21(23)27/h2-4,10,12-13,18-19H,5-9,11H2,1H3,(H,22,24)/t12-,13-,18-,19+/m0/s1. The monoisotopic (exact) mass is 400 g/mol. The first-order chi connectivity index (χ1) is 14.0. The Morgan fingerprint density at radius 3 is 2.48 bits per heavy atom. The molecule has 8 heteroatoms. The van der Waals surface area contributed by atoms with Gasteiger partial charge in [-0.3, -0.25) is 24.1 Å². The summed E-state index contributed by atoms with van der Waals surface area (Å²) in [5.74, 6) is -0.531. The van der Waals surface area contributed by atoms with Crippen LogP contribution in [0.15, 0.2) is 24.3 Å². The molecule has 4 rings (SSSR count). The van der Waals surface area contributed by atoms with Crippen molar-refractivity contribution >= 4 is 29.4 Å². The first-order valence-electron chi connectivity index (χ1n) is 9.92. The van der Waals surface area contributed by atoms with Crippen molar-refractivity contribution in [3.05, 3.63) is 24.3 Å². The molecule has 3 aliphatic rings. The average molecular weight is 400 g/mol. The highest BCUT2D eigenvalue weighted by Gasteiger charge is 2.60. The minimum Gasteiger partial charge on any atom is -0.497 e. The highest BCUT2D eigenvalue weighted by molar-refractivity contribution is 6.06. The minimum atomic E-state index is -0.619. The third-order valence-electron chi connectivity index (χ3n) is 6.28. The Balaban J connectivity index is 1.23. The Kier molecular flexibility index (Phi) is 5.25. The highest BCUT2D eigenvalue weighted by Crippen LogP contribution is 2.56. The van der Waals surface area contributed by atoms with E-state index in [0.717, 1.165) is 19.3 Å². The van der Waals surface area contributed by atoms with E-state index in [-0.39, 0.29) is 36.6 Å². The molecule has 1 aromatic carbocycles. The second kappa shape index (κ2) is 7.85. The van der Waals surface area contributed by atoms with E-state index in [1.807, 2.05) is 0 Å². The van der Waals surface area contributed by atoms with Crippen LogP contribution >= 0.6 is 0 Å². The highest BCUT2D eigenvalue weighted by atomic mass is 16.5. The maximum Gasteiger partial charge on any atom is 0.308 e. The Morgan fingerprint density at radius 1 is 1.14 bits per heavy atom. The van der Waals surface area contributed by atoms with Crippen LogP contribution in [0, 0.1) is 23.7 Å². The number of imide groups is 1. The van der Waals surface area contributed by atoms with Crippen LogP contribution in [-0.2, 0) is 23.9 Å². The van der Waals surface area contributed by atoms with E-state index >= 15 is 0 Å². The molecule has 2 saturated carbocycles. The van der Waals surface area contributed by atoms with Crippen molar-refractivity contribution in [2.45, 2.75) is 25.7 Å². The molecule has 3 amide bonds. The maximum absolute atomic E-state index is 12.6. The smallest absolute Gasteiger partial charge is 0.308 e. The zero-order chi connectivity index (χ0) is 20.5. The molecule has 1 aliphatic heterocycles. The summed E-state index contributed by atoms with van der Waals surface area (Å²) >= 11 is 0. The quantitative estimate of drug-likeness (QED) is 0.551. The number of methoxy groups -OCH3 is 1. The average Bonchev–Trinajstić information content (AvgIpc) is 3.39. The van der Waals surface area contributed by atoms with E-state index in [4.69, 9.17) is 9.47 Å². The SMILES string of the molecule is COc1cccc(NC(=O)COC(=O)CCN2C(=O)[C@@H]3[C@H]4CC[C@@H](C4)[C@@H]3C2=O)c1. The van der Waals surface area contributed by atoms with Gasteiger partial charge in [-0.25, -0.2) is 0 Å². The maximum atomic E-state index is 12.6. The van der Waals surface area contributed by atoms with Crippen molar-refractivity contribution in [2.75, 3.05) is 25.6 Å². The number of benzene rings is 1. The van der Waals surface area contributed by atoms with E-state index in [1.54, 1.807) is 24.3 Å². The predicted molar refractivity (Wildman–Crippen MR) is 102 cm³/mol. The molecular formula is C21H24N2O6. The molecule has 0 radical (unpaired) electrons. The number of anilines is 1. The number of hydrogen-bond acceptors (Lipinski definition) is 6. The summed E-state index contributed by atoms with van der Waals surface area (Å²) in [5.41, 5.74) is 0.528. The first-order valence-corrected chi connectivity index (χ1v) is 9.92. The van der Waals surface area contributed by atoms with Gasteiger partial charge in [0.2, 0.25) is 11.8 Å². The molecule has 0 spiro atoms. The predicted octanol–water partition coefficient (Wildman–Crippen LogP) is 1.60. The van der Waals surface area contributed by atoms with Crippen LogP contribution < -0.4 is 10.1 Å². The summed E-state index contributed by atoms with van der Waals surface area (Å²) < 4.78 is 10.1. The Hall–Kier alpha value is -2.90. The van der Waals surface area contributed by atoms with Crippen molar-refractivity contribution in [1.82, 2.24) is 4.90 Å². The lowest BCUT2D eigenvalue weighted by atomic mass is 9.81. The largest absolute Gasteiger partial charge is 0.497 e. The van der Waals surface area contributed by atoms with E-state index < -0.39 is 18.5 Å². The minimum absolute atomic E-state index is 0.0143. The molecule has 8 nitrogen and oxygen atoms in total. The summed E-state index contributed by atoms with van der Waals surface area (Å²) in [6, 6.07) is 6.81. The van der Waals surface area contributed by atoms with Crippen molar-refractivity contribution in [3.8, 4) is 5.75 Å². The molecule has 3 fully saturated rings. The van der Waals surface area contributed by atoms with Gasteiger partial charge in [-0.05, 0) is 43.2 Å². The molecule has 154 valence electrons. The van der Waals surface area contributed by atoms with Gasteiger partial charge in [0.25, 0.3) is 5.91 Å². The zero-order valence-electron chi connectivity index (χ0n) is 16.3. The fourth-order valence-corrected chi connectivity index (χ4v) is 5.01. The molecule has 2 bridgehead atoms. The van der Waals surface area contributed by atoms with Gasteiger partial charge in [-0.1, -0.05) is 6.07 Å². The van der Waals surface area contributed by atoms with E-state index in [9.17, 15) is 19.2 Å². The van der Waals surface area contributed by atoms with Gasteiger partial charge >= 0.3 is 5.97 Å². The topological polar surface area (TPSA) is 102 Å². The second-order valence-electron chi connectivity index (χ2n) is 7.90. The van der Waals surface area contributed by atoms with Gasteiger partial charge in [0.05, 0.1) is 25.4 Å². The molecular weight excluding hydrogens is 376 g/mol. The molecule has 29 heavy (non-hydrogen) atoms. The summed E-state index contributed by atoms with van der Waals surface area (Å²) in [5, 5.41) is 2.61. The van der Waals surface area contributed by atoms with Gasteiger partial charge in [0, 0.05) is 18.3 Å². The van der Waals surface area contributed by atoms with Crippen LogP contribution in [0.1, 0.15) is 25.7 Å². The molecule has 4 atom stereocenters. The summed E-state index contributed by atoms with van der Waals surface area (Å²) in [6.07, 6.45) is 2.90. The number of likely N-dealkylation sites (tertiary alicyclic amines) is 1. The van der Waals surface area contributed by atoms with Gasteiger partial charge in [0.1, 0.15) is 5.75 Å². The number of nitrogens with one attached hydrogen (secondary N) is 1. The van der Waals surface area contributed by atoms with Crippen molar-refractivity contribution in [1.29, 1.82) is 0 Å². The number of ether oxygens (including phenoxy) is 2. The number of hydrogen-bond donors (Lipinski definition) is 1. The molecule has 1 saturated heterocycles. The van der Waals surface area contributed by atoms with Crippen LogP contribution in [0.5, 0.6) is 5.75 Å². The molecule has 2 aliphatic carbocycles. The fourth-order valence-electron chi connectivity index (χ4n) is 5.01. The van der Waals surface area contributed by atoms with E-state index in [0.29, 0.717) is 23.3 Å². The Morgan fingerprint density at radius 2 is 1.83 bits per heavy atom. The van der Waals surface area contributed by atoms with Gasteiger partial charge < -0.3 is 14.8 Å². The third-order valence-corrected chi connectivity index (χ3v) is 6.28. The van der Waals surface area contributed by atoms with Crippen LogP contribution in [0.2, 0.25) is 0 Å². The summed E-state index contributed by atoms with van der Waals surface area (Å²) in [7, 11) is 1.52. The van der Waals surface area contributed by atoms with Gasteiger partial charge in [0.15, 0.2) is 6.61 Å². The summed E-state index contributed by atoms with van der Waals surface area (Å²) in [4.78, 5) is 50.4. The zero-order valence-corrected chi connectivity index (χ0v) is 16.3. The van der Waals surface area contributed by atoms with Crippen LogP contribution in [0.25, 0.3) is 0 Å². The number of carbonyl (C=O) groups is 4. The van der Waals surface area contributed by atoms with Crippen LogP contribution in [0.4, 0.5) is 5.69 Å². The molecule has 0 aromatic heterocycles. The molecule has 1 N–H and O–H groups in total. The van der Waals surface area contributed by atoms with Crippen molar-refractivity contribution < 1.29 is 28.7 Å². The second-order valence-corrected chi connectivity index (χ2v) is 7.90. The van der Waals surface area contributed by atoms with E-state index in [2.05, 4.69) is 5.32 Å². The molecule has 1 aromatic rings. The van der Waals surface area contributed by atoms with Gasteiger partial charge in [-0.15, -0.1) is 0 Å². The Bertz CT molecular complexity index is 825. The fraction of sp³-hybridized carbons (Fsp3) is 0.524. The molecule has 0 unspecified atom stereocenters. The lowest BCUT2D eigenvalue weighted by Crippen LogP contribution is -2.35. The third kappa shape index (κ3) is 3.71. The number of esters is 1. The van der Waals surface area contributed by atoms with Gasteiger partial charge in [-0.2, -0.15) is 0 Å². The first kappa shape index (κ1) is 19.4. The summed E-state index contributed by atoms with van der Waals surface area (Å²) in [6.45, 7) is -0.423. The number of carbonyl (C=O) groups excluding carboxylic acids is 4. The number of rotatable bonds is 7. The lowest BCUT2D eigenvalue weighted by molar-refractivity contribution is -0.149. The normalized spacial score (nSPS) is 27.1. The lowest BCUT2D eigenvalue weighted by Gasteiger charge is -2.19. The number of nitrogens with zero attached hydrogens (tertiary/aromatic N) is 1. The molecule has 1 heterocycles. The van der Waals surface area contributed by atoms with Crippen LogP contribution in [0.3, 0.4) is 0 Å². The Labute approximate surface area is 168 Å². The van der Waals surface area contributed by atoms with Crippen LogP contribution in [-0.4, -0.2) is 48.9 Å².